The Hall–Kier alpha value is -2.83. The Labute approximate surface area is 113 Å². The number of aliphatic carboxylic acids is 1. The summed E-state index contributed by atoms with van der Waals surface area (Å²) in [6.45, 7) is 2.59. The van der Waals surface area contributed by atoms with Gasteiger partial charge >= 0.3 is 17.8 Å². The molecule has 0 unspecified atom stereocenters. The Morgan fingerprint density at radius 3 is 2.50 bits per heavy atom. The van der Waals surface area contributed by atoms with Crippen LogP contribution in [0.5, 0.6) is 0 Å². The third-order valence-corrected chi connectivity index (χ3v) is 2.92. The van der Waals surface area contributed by atoms with Gasteiger partial charge in [-0.1, -0.05) is 0 Å². The van der Waals surface area contributed by atoms with E-state index >= 15 is 0 Å². The SMILES string of the molecule is CCn1ccc2cc(C(=O)O)c(NC(=O)C(=O)O)cc21. The van der Waals surface area contributed by atoms with Crippen LogP contribution in [0.1, 0.15) is 17.3 Å². The van der Waals surface area contributed by atoms with Gasteiger partial charge < -0.3 is 20.1 Å². The highest BCUT2D eigenvalue weighted by Crippen LogP contribution is 2.25. The maximum Gasteiger partial charge on any atom is 0.394 e. The Kier molecular flexibility index (Phi) is 3.43. The molecule has 1 heterocycles. The van der Waals surface area contributed by atoms with Crippen LogP contribution < -0.4 is 5.32 Å². The van der Waals surface area contributed by atoms with Crippen LogP contribution in [0.25, 0.3) is 10.9 Å². The number of anilines is 1. The van der Waals surface area contributed by atoms with Gasteiger partial charge in [-0.3, -0.25) is 4.79 Å². The summed E-state index contributed by atoms with van der Waals surface area (Å²) < 4.78 is 1.86. The van der Waals surface area contributed by atoms with E-state index in [0.29, 0.717) is 11.9 Å². The molecule has 7 nitrogen and oxygen atoms in total. The van der Waals surface area contributed by atoms with Gasteiger partial charge in [0.1, 0.15) is 0 Å². The minimum absolute atomic E-state index is 0.0363. The fourth-order valence-electron chi connectivity index (χ4n) is 1.97. The predicted octanol–water partition coefficient (Wildman–Crippen LogP) is 1.38. The van der Waals surface area contributed by atoms with Crippen molar-refractivity contribution in [1.29, 1.82) is 0 Å². The van der Waals surface area contributed by atoms with E-state index in [9.17, 15) is 14.4 Å². The number of aryl methyl sites for hydroxylation is 1. The molecule has 0 bridgehead atoms. The van der Waals surface area contributed by atoms with E-state index in [2.05, 4.69) is 5.32 Å². The molecule has 104 valence electrons. The van der Waals surface area contributed by atoms with Crippen molar-refractivity contribution >= 4 is 34.4 Å². The Morgan fingerprint density at radius 2 is 1.95 bits per heavy atom. The first kappa shape index (κ1) is 13.6. The van der Waals surface area contributed by atoms with Crippen LogP contribution in [0.15, 0.2) is 24.4 Å². The molecule has 3 N–H and O–H groups in total. The molecule has 0 spiro atoms. The minimum Gasteiger partial charge on any atom is -0.478 e. The van der Waals surface area contributed by atoms with Gasteiger partial charge in [0.05, 0.1) is 16.8 Å². The molecule has 0 aliphatic heterocycles. The van der Waals surface area contributed by atoms with Gasteiger partial charge in [0.25, 0.3) is 0 Å². The van der Waals surface area contributed by atoms with Gasteiger partial charge in [0, 0.05) is 18.1 Å². The highest BCUT2D eigenvalue weighted by Gasteiger charge is 2.18. The van der Waals surface area contributed by atoms with E-state index in [1.54, 1.807) is 12.3 Å². The van der Waals surface area contributed by atoms with Crippen molar-refractivity contribution in [2.24, 2.45) is 0 Å². The third kappa shape index (κ3) is 2.33. The molecule has 0 radical (unpaired) electrons. The Morgan fingerprint density at radius 1 is 1.25 bits per heavy atom. The first-order chi connectivity index (χ1) is 9.43. The van der Waals surface area contributed by atoms with E-state index < -0.39 is 17.8 Å². The summed E-state index contributed by atoms with van der Waals surface area (Å²) in [7, 11) is 0. The number of carbonyl (C=O) groups is 3. The predicted molar refractivity (Wildman–Crippen MR) is 70.8 cm³/mol. The second-order valence-corrected chi connectivity index (χ2v) is 4.12. The maximum absolute atomic E-state index is 11.2. The van der Waals surface area contributed by atoms with Gasteiger partial charge in [-0.2, -0.15) is 0 Å². The lowest BCUT2D eigenvalue weighted by molar-refractivity contribution is -0.147. The second kappa shape index (κ2) is 5.04. The van der Waals surface area contributed by atoms with E-state index in [-0.39, 0.29) is 11.3 Å². The number of nitrogens with one attached hydrogen (secondary N) is 1. The van der Waals surface area contributed by atoms with Crippen molar-refractivity contribution in [3.8, 4) is 0 Å². The van der Waals surface area contributed by atoms with Crippen LogP contribution in [-0.4, -0.2) is 32.6 Å². The highest BCUT2D eigenvalue weighted by atomic mass is 16.4. The lowest BCUT2D eigenvalue weighted by atomic mass is 10.1. The molecular weight excluding hydrogens is 264 g/mol. The average molecular weight is 276 g/mol. The van der Waals surface area contributed by atoms with Crippen LogP contribution >= 0.6 is 0 Å². The molecule has 1 amide bonds. The van der Waals surface area contributed by atoms with Gasteiger partial charge in [0.15, 0.2) is 0 Å². The molecule has 1 aromatic heterocycles. The molecule has 0 atom stereocenters. The molecule has 0 aliphatic carbocycles. The standard InChI is InChI=1S/C13H12N2O5/c1-2-15-4-3-7-5-8(12(17)18)9(6-10(7)15)14-11(16)13(19)20/h3-6H,2H2,1H3,(H,14,16)(H,17,18)(H,19,20). The number of rotatable bonds is 3. The molecule has 1 aromatic carbocycles. The Bertz CT molecular complexity index is 717. The number of aromatic carboxylic acids is 1. The molecular formula is C13H12N2O5. The van der Waals surface area contributed by atoms with E-state index in [4.69, 9.17) is 10.2 Å². The van der Waals surface area contributed by atoms with Crippen molar-refractivity contribution in [2.45, 2.75) is 13.5 Å². The smallest absolute Gasteiger partial charge is 0.394 e. The summed E-state index contributed by atoms with van der Waals surface area (Å²) in [5, 5.41) is 20.5. The number of carboxylic acid groups (broad SMARTS) is 2. The zero-order valence-electron chi connectivity index (χ0n) is 10.6. The number of nitrogens with zero attached hydrogens (tertiary/aromatic N) is 1. The topological polar surface area (TPSA) is 109 Å². The summed E-state index contributed by atoms with van der Waals surface area (Å²) >= 11 is 0. The summed E-state index contributed by atoms with van der Waals surface area (Å²) in [5.41, 5.74) is 0.532. The summed E-state index contributed by atoms with van der Waals surface area (Å²) in [6, 6.07) is 4.62. The number of hydrogen-bond acceptors (Lipinski definition) is 3. The van der Waals surface area contributed by atoms with Gasteiger partial charge in [-0.25, -0.2) is 9.59 Å². The summed E-state index contributed by atoms with van der Waals surface area (Å²) in [5.74, 6) is -4.19. The van der Waals surface area contributed by atoms with Crippen LogP contribution in [0.4, 0.5) is 5.69 Å². The van der Waals surface area contributed by atoms with Gasteiger partial charge in [-0.15, -0.1) is 0 Å². The number of amides is 1. The maximum atomic E-state index is 11.2. The van der Waals surface area contributed by atoms with Crippen molar-refractivity contribution in [1.82, 2.24) is 4.57 Å². The number of carboxylic acids is 2. The van der Waals surface area contributed by atoms with Crippen LogP contribution in [0.3, 0.4) is 0 Å². The molecule has 20 heavy (non-hydrogen) atoms. The van der Waals surface area contributed by atoms with Gasteiger partial charge in [-0.05, 0) is 25.1 Å². The largest absolute Gasteiger partial charge is 0.478 e. The normalized spacial score (nSPS) is 10.4. The fraction of sp³-hybridized carbons (Fsp3) is 0.154. The molecule has 2 rings (SSSR count). The average Bonchev–Trinajstić information content (AvgIpc) is 2.79. The number of hydrogen-bond donors (Lipinski definition) is 3. The number of aromatic nitrogens is 1. The molecule has 0 saturated heterocycles. The van der Waals surface area contributed by atoms with Crippen molar-refractivity contribution in [2.75, 3.05) is 5.32 Å². The van der Waals surface area contributed by atoms with Crippen molar-refractivity contribution in [3.63, 3.8) is 0 Å². The fourth-order valence-corrected chi connectivity index (χ4v) is 1.97. The zero-order chi connectivity index (χ0) is 14.9. The van der Waals surface area contributed by atoms with Crippen LogP contribution in [-0.2, 0) is 16.1 Å². The van der Waals surface area contributed by atoms with E-state index in [1.807, 2.05) is 11.5 Å². The van der Waals surface area contributed by atoms with Gasteiger partial charge in [0.2, 0.25) is 0 Å². The minimum atomic E-state index is -1.67. The first-order valence-corrected chi connectivity index (χ1v) is 5.84. The zero-order valence-corrected chi connectivity index (χ0v) is 10.6. The third-order valence-electron chi connectivity index (χ3n) is 2.92. The van der Waals surface area contributed by atoms with E-state index in [0.717, 1.165) is 5.52 Å². The number of fused-ring (bicyclic) bond motifs is 1. The summed E-state index contributed by atoms with van der Waals surface area (Å²) in [6.07, 6.45) is 1.79. The Balaban J connectivity index is 2.59. The number of carbonyl (C=O) groups excluding carboxylic acids is 1. The highest BCUT2D eigenvalue weighted by molar-refractivity contribution is 6.37. The summed E-state index contributed by atoms with van der Waals surface area (Å²) in [4.78, 5) is 32.9. The first-order valence-electron chi connectivity index (χ1n) is 5.84. The lowest BCUT2D eigenvalue weighted by Crippen LogP contribution is -2.23. The molecule has 0 fully saturated rings. The van der Waals surface area contributed by atoms with Crippen molar-refractivity contribution in [3.05, 3.63) is 30.0 Å². The van der Waals surface area contributed by atoms with E-state index in [1.165, 1.54) is 12.1 Å². The lowest BCUT2D eigenvalue weighted by Gasteiger charge is -2.09. The molecule has 0 aliphatic rings. The number of benzene rings is 1. The monoisotopic (exact) mass is 276 g/mol. The molecule has 2 aromatic rings. The molecule has 0 saturated carbocycles. The van der Waals surface area contributed by atoms with Crippen LogP contribution in [0.2, 0.25) is 0 Å². The van der Waals surface area contributed by atoms with Crippen LogP contribution in [0, 0.1) is 0 Å². The van der Waals surface area contributed by atoms with Crippen molar-refractivity contribution < 1.29 is 24.6 Å². The quantitative estimate of drug-likeness (QED) is 0.734. The molecule has 7 heteroatoms. The second-order valence-electron chi connectivity index (χ2n) is 4.12.